The lowest BCUT2D eigenvalue weighted by Gasteiger charge is -2.40. The summed E-state index contributed by atoms with van der Waals surface area (Å²) in [4.78, 5) is 2.65. The van der Waals surface area contributed by atoms with E-state index >= 15 is 0 Å². The van der Waals surface area contributed by atoms with Crippen LogP contribution in [0.2, 0.25) is 0 Å². The van der Waals surface area contributed by atoms with Gasteiger partial charge in [-0.15, -0.1) is 0 Å². The largest absolute Gasteiger partial charge is 0.393 e. The second-order valence-corrected chi connectivity index (χ2v) is 5.33. The van der Waals surface area contributed by atoms with Crippen molar-refractivity contribution in [1.29, 1.82) is 0 Å². The van der Waals surface area contributed by atoms with Crippen molar-refractivity contribution in [1.82, 2.24) is 10.2 Å². The van der Waals surface area contributed by atoms with Gasteiger partial charge in [0.15, 0.2) is 0 Å². The minimum absolute atomic E-state index is 0.0180. The fourth-order valence-corrected chi connectivity index (χ4v) is 3.18. The Kier molecular flexibility index (Phi) is 4.62. The van der Waals surface area contributed by atoms with Crippen molar-refractivity contribution in [2.75, 3.05) is 19.6 Å². The van der Waals surface area contributed by atoms with Crippen LogP contribution in [-0.4, -0.2) is 47.8 Å². The summed E-state index contributed by atoms with van der Waals surface area (Å²) in [6, 6.07) is 1.50. The van der Waals surface area contributed by atoms with E-state index in [0.29, 0.717) is 0 Å². The highest BCUT2D eigenvalue weighted by Gasteiger charge is 2.27. The molecule has 0 atom stereocenters. The normalized spacial score (nSPS) is 34.1. The highest BCUT2D eigenvalue weighted by Crippen LogP contribution is 2.25. The van der Waals surface area contributed by atoms with Crippen molar-refractivity contribution < 1.29 is 5.11 Å². The van der Waals surface area contributed by atoms with Gasteiger partial charge in [0, 0.05) is 12.1 Å². The lowest BCUT2D eigenvalue weighted by Crippen LogP contribution is -2.47. The zero-order valence-corrected chi connectivity index (χ0v) is 10.5. The fourth-order valence-electron chi connectivity index (χ4n) is 3.18. The maximum atomic E-state index is 9.51. The lowest BCUT2D eigenvalue weighted by atomic mass is 9.90. The molecule has 2 rings (SSSR count). The highest BCUT2D eigenvalue weighted by molar-refractivity contribution is 4.84. The molecule has 94 valence electrons. The van der Waals surface area contributed by atoms with Crippen LogP contribution in [0.1, 0.15) is 45.4 Å². The molecule has 0 unspecified atom stereocenters. The van der Waals surface area contributed by atoms with Gasteiger partial charge < -0.3 is 15.3 Å². The van der Waals surface area contributed by atoms with E-state index in [4.69, 9.17) is 0 Å². The molecule has 0 spiro atoms. The Morgan fingerprint density at radius 2 is 1.69 bits per heavy atom. The molecule has 2 N–H and O–H groups in total. The average Bonchev–Trinajstić information content (AvgIpc) is 2.32. The van der Waals surface area contributed by atoms with E-state index in [2.05, 4.69) is 17.1 Å². The molecule has 1 heterocycles. The molecule has 3 nitrogen and oxygen atoms in total. The van der Waals surface area contributed by atoms with Crippen molar-refractivity contribution in [2.45, 2.75) is 63.6 Å². The van der Waals surface area contributed by atoms with E-state index in [-0.39, 0.29) is 6.10 Å². The SMILES string of the molecule is CCNC1CCN(C2CCC(O)CC2)CC1. The van der Waals surface area contributed by atoms with Gasteiger partial charge in [0.2, 0.25) is 0 Å². The second kappa shape index (κ2) is 5.99. The number of nitrogens with zero attached hydrogens (tertiary/aromatic N) is 1. The van der Waals surface area contributed by atoms with Crippen LogP contribution >= 0.6 is 0 Å². The van der Waals surface area contributed by atoms with Crippen LogP contribution in [0.25, 0.3) is 0 Å². The Labute approximate surface area is 99.2 Å². The van der Waals surface area contributed by atoms with Crippen LogP contribution in [0.4, 0.5) is 0 Å². The summed E-state index contributed by atoms with van der Waals surface area (Å²) in [5.41, 5.74) is 0. The summed E-state index contributed by atoms with van der Waals surface area (Å²) in [6.45, 7) is 5.78. The molecular weight excluding hydrogens is 200 g/mol. The summed E-state index contributed by atoms with van der Waals surface area (Å²) < 4.78 is 0. The van der Waals surface area contributed by atoms with Crippen molar-refractivity contribution in [3.63, 3.8) is 0 Å². The molecule has 3 heteroatoms. The van der Waals surface area contributed by atoms with Gasteiger partial charge in [0.25, 0.3) is 0 Å². The van der Waals surface area contributed by atoms with E-state index < -0.39 is 0 Å². The number of aliphatic hydroxyl groups excluding tert-OH is 1. The Balaban J connectivity index is 1.72. The minimum atomic E-state index is -0.0180. The smallest absolute Gasteiger partial charge is 0.0541 e. The Bertz CT molecular complexity index is 194. The molecule has 1 aliphatic heterocycles. The predicted octanol–water partition coefficient (Wildman–Crippen LogP) is 1.36. The lowest BCUT2D eigenvalue weighted by molar-refractivity contribution is 0.0599. The Hall–Kier alpha value is -0.120. The topological polar surface area (TPSA) is 35.5 Å². The molecule has 1 saturated carbocycles. The summed E-state index contributed by atoms with van der Waals surface area (Å²) in [5.74, 6) is 0. The summed E-state index contributed by atoms with van der Waals surface area (Å²) in [7, 11) is 0. The van der Waals surface area contributed by atoms with Gasteiger partial charge in [-0.1, -0.05) is 6.92 Å². The number of piperidine rings is 1. The molecule has 0 bridgehead atoms. The van der Waals surface area contributed by atoms with E-state index in [1.54, 1.807) is 0 Å². The number of nitrogens with one attached hydrogen (secondary N) is 1. The first-order valence-electron chi connectivity index (χ1n) is 6.95. The van der Waals surface area contributed by atoms with Crippen LogP contribution in [0.3, 0.4) is 0 Å². The quantitative estimate of drug-likeness (QED) is 0.763. The van der Waals surface area contributed by atoms with Gasteiger partial charge in [-0.3, -0.25) is 0 Å². The maximum Gasteiger partial charge on any atom is 0.0541 e. The van der Waals surface area contributed by atoms with Gasteiger partial charge in [-0.25, -0.2) is 0 Å². The maximum absolute atomic E-state index is 9.51. The van der Waals surface area contributed by atoms with Gasteiger partial charge in [-0.2, -0.15) is 0 Å². The van der Waals surface area contributed by atoms with Crippen LogP contribution in [0.15, 0.2) is 0 Å². The van der Waals surface area contributed by atoms with Crippen LogP contribution in [-0.2, 0) is 0 Å². The molecular formula is C13H26N2O. The van der Waals surface area contributed by atoms with Crippen molar-refractivity contribution in [2.24, 2.45) is 0 Å². The average molecular weight is 226 g/mol. The molecule has 16 heavy (non-hydrogen) atoms. The Morgan fingerprint density at radius 1 is 1.06 bits per heavy atom. The zero-order chi connectivity index (χ0) is 11.4. The van der Waals surface area contributed by atoms with Crippen molar-refractivity contribution in [3.05, 3.63) is 0 Å². The van der Waals surface area contributed by atoms with Gasteiger partial charge in [0.1, 0.15) is 0 Å². The number of hydrogen-bond acceptors (Lipinski definition) is 3. The first-order valence-corrected chi connectivity index (χ1v) is 6.95. The summed E-state index contributed by atoms with van der Waals surface area (Å²) in [6.07, 6.45) is 7.01. The summed E-state index contributed by atoms with van der Waals surface area (Å²) in [5, 5.41) is 13.1. The third-order valence-corrected chi connectivity index (χ3v) is 4.20. The molecule has 0 aromatic rings. The second-order valence-electron chi connectivity index (χ2n) is 5.33. The number of hydrogen-bond donors (Lipinski definition) is 2. The molecule has 0 amide bonds. The van der Waals surface area contributed by atoms with Gasteiger partial charge in [0.05, 0.1) is 6.10 Å². The first kappa shape index (κ1) is 12.3. The molecule has 2 fully saturated rings. The van der Waals surface area contributed by atoms with E-state index in [9.17, 15) is 5.11 Å². The van der Waals surface area contributed by atoms with E-state index in [0.717, 1.165) is 31.5 Å². The number of aliphatic hydroxyl groups is 1. The first-order chi connectivity index (χ1) is 7.79. The molecule has 0 aromatic carbocycles. The van der Waals surface area contributed by atoms with Crippen LogP contribution in [0, 0.1) is 0 Å². The zero-order valence-electron chi connectivity index (χ0n) is 10.5. The molecule has 0 radical (unpaired) electrons. The van der Waals surface area contributed by atoms with E-state index in [1.165, 1.54) is 38.8 Å². The van der Waals surface area contributed by atoms with Gasteiger partial charge >= 0.3 is 0 Å². The standard InChI is InChI=1S/C13H26N2O/c1-2-14-11-7-9-15(10-8-11)12-3-5-13(16)6-4-12/h11-14,16H,2-10H2,1H3. The minimum Gasteiger partial charge on any atom is -0.393 e. The predicted molar refractivity (Wildman–Crippen MR) is 66.5 cm³/mol. The fraction of sp³-hybridized carbons (Fsp3) is 1.00. The third-order valence-electron chi connectivity index (χ3n) is 4.20. The molecule has 1 saturated heterocycles. The van der Waals surface area contributed by atoms with Gasteiger partial charge in [-0.05, 0) is 58.2 Å². The van der Waals surface area contributed by atoms with E-state index in [1.807, 2.05) is 0 Å². The summed E-state index contributed by atoms with van der Waals surface area (Å²) >= 11 is 0. The Morgan fingerprint density at radius 3 is 2.25 bits per heavy atom. The highest BCUT2D eigenvalue weighted by atomic mass is 16.3. The van der Waals surface area contributed by atoms with Crippen molar-refractivity contribution >= 4 is 0 Å². The van der Waals surface area contributed by atoms with Crippen LogP contribution in [0.5, 0.6) is 0 Å². The molecule has 2 aliphatic rings. The molecule has 0 aromatic heterocycles. The number of rotatable bonds is 3. The monoisotopic (exact) mass is 226 g/mol. The molecule has 1 aliphatic carbocycles. The van der Waals surface area contributed by atoms with Crippen LogP contribution < -0.4 is 5.32 Å². The number of likely N-dealkylation sites (tertiary alicyclic amines) is 1. The van der Waals surface area contributed by atoms with Crippen molar-refractivity contribution in [3.8, 4) is 0 Å². The third kappa shape index (κ3) is 3.19.